The van der Waals surface area contributed by atoms with Crippen LogP contribution in [-0.2, 0) is 0 Å². The number of piperidine rings is 1. The van der Waals surface area contributed by atoms with Gasteiger partial charge < -0.3 is 9.32 Å². The molecule has 1 aromatic rings. The van der Waals surface area contributed by atoms with Gasteiger partial charge in [-0.3, -0.25) is 4.79 Å². The first-order valence-electron chi connectivity index (χ1n) is 7.23. The average molecular weight is 326 g/mol. The molecule has 19 heavy (non-hydrogen) atoms. The molecule has 104 valence electrons. The first-order valence-corrected chi connectivity index (χ1v) is 8.02. The van der Waals surface area contributed by atoms with E-state index in [1.165, 1.54) is 44.9 Å². The van der Waals surface area contributed by atoms with Gasteiger partial charge in [0.1, 0.15) is 0 Å². The second kappa shape index (κ2) is 5.31. The maximum absolute atomic E-state index is 12.4. The van der Waals surface area contributed by atoms with Crippen molar-refractivity contribution in [2.24, 2.45) is 5.41 Å². The van der Waals surface area contributed by atoms with Crippen LogP contribution >= 0.6 is 15.9 Å². The van der Waals surface area contributed by atoms with Crippen LogP contribution in [0, 0.1) is 5.41 Å². The fourth-order valence-corrected chi connectivity index (χ4v) is 4.01. The number of carbonyl (C=O) groups is 1. The lowest BCUT2D eigenvalue weighted by Gasteiger charge is -2.44. The summed E-state index contributed by atoms with van der Waals surface area (Å²) in [7, 11) is 0. The molecule has 3 rings (SSSR count). The lowest BCUT2D eigenvalue weighted by molar-refractivity contribution is 0.0470. The van der Waals surface area contributed by atoms with Crippen molar-refractivity contribution < 1.29 is 9.21 Å². The summed E-state index contributed by atoms with van der Waals surface area (Å²) in [5.41, 5.74) is 1.20. The Morgan fingerprint density at radius 2 is 1.84 bits per heavy atom. The number of rotatable bonds is 1. The van der Waals surface area contributed by atoms with Crippen LogP contribution in [0.2, 0.25) is 0 Å². The predicted octanol–water partition coefficient (Wildman–Crippen LogP) is 4.23. The minimum atomic E-state index is 0.103. The number of halogens is 1. The first kappa shape index (κ1) is 13.2. The highest BCUT2D eigenvalue weighted by atomic mass is 79.9. The van der Waals surface area contributed by atoms with Crippen LogP contribution in [-0.4, -0.2) is 23.9 Å². The summed E-state index contributed by atoms with van der Waals surface area (Å²) in [6, 6.07) is 1.75. The summed E-state index contributed by atoms with van der Waals surface area (Å²) in [6.45, 7) is 1.80. The molecule has 3 nitrogen and oxygen atoms in total. The highest BCUT2D eigenvalue weighted by Crippen LogP contribution is 2.44. The van der Waals surface area contributed by atoms with Gasteiger partial charge in [0, 0.05) is 13.1 Å². The van der Waals surface area contributed by atoms with E-state index in [4.69, 9.17) is 4.42 Å². The van der Waals surface area contributed by atoms with Gasteiger partial charge in [-0.1, -0.05) is 19.3 Å². The van der Waals surface area contributed by atoms with E-state index in [2.05, 4.69) is 15.9 Å². The summed E-state index contributed by atoms with van der Waals surface area (Å²) < 4.78 is 5.71. The number of hydrogen-bond donors (Lipinski definition) is 0. The number of likely N-dealkylation sites (tertiary alicyclic amines) is 1. The van der Waals surface area contributed by atoms with Gasteiger partial charge in [0.25, 0.3) is 5.91 Å². The second-order valence-electron chi connectivity index (χ2n) is 5.96. The molecule has 0 bridgehead atoms. The van der Waals surface area contributed by atoms with Crippen LogP contribution in [0.3, 0.4) is 0 Å². The smallest absolute Gasteiger partial charge is 0.258 e. The Bertz CT molecular complexity index is 452. The van der Waals surface area contributed by atoms with Crippen molar-refractivity contribution in [2.75, 3.05) is 13.1 Å². The van der Waals surface area contributed by atoms with Crippen LogP contribution in [0.1, 0.15) is 55.3 Å². The minimum Gasteiger partial charge on any atom is -0.457 e. The van der Waals surface area contributed by atoms with Crippen molar-refractivity contribution in [1.82, 2.24) is 4.90 Å². The molecule has 0 unspecified atom stereocenters. The second-order valence-corrected chi connectivity index (χ2v) is 6.68. The van der Waals surface area contributed by atoms with Crippen molar-refractivity contribution in [1.29, 1.82) is 0 Å². The van der Waals surface area contributed by atoms with E-state index in [1.807, 2.05) is 4.90 Å². The van der Waals surface area contributed by atoms with E-state index in [-0.39, 0.29) is 5.91 Å². The maximum atomic E-state index is 12.4. The van der Waals surface area contributed by atoms with Crippen LogP contribution in [0.5, 0.6) is 0 Å². The topological polar surface area (TPSA) is 33.5 Å². The van der Waals surface area contributed by atoms with E-state index in [1.54, 1.807) is 12.3 Å². The summed E-state index contributed by atoms with van der Waals surface area (Å²) >= 11 is 3.29. The molecule has 1 aliphatic carbocycles. The lowest BCUT2D eigenvalue weighted by Crippen LogP contribution is -2.43. The molecule has 2 fully saturated rings. The maximum Gasteiger partial charge on any atom is 0.258 e. The summed E-state index contributed by atoms with van der Waals surface area (Å²) in [5, 5.41) is 0. The van der Waals surface area contributed by atoms with Crippen molar-refractivity contribution >= 4 is 21.8 Å². The van der Waals surface area contributed by atoms with Gasteiger partial charge in [-0.15, -0.1) is 0 Å². The molecule has 1 saturated carbocycles. The number of furan rings is 1. The fourth-order valence-electron chi connectivity index (χ4n) is 3.60. The van der Waals surface area contributed by atoms with E-state index < -0.39 is 0 Å². The van der Waals surface area contributed by atoms with Gasteiger partial charge in [-0.05, 0) is 53.1 Å². The van der Waals surface area contributed by atoms with Crippen LogP contribution in [0.4, 0.5) is 0 Å². The zero-order valence-corrected chi connectivity index (χ0v) is 12.7. The van der Waals surface area contributed by atoms with E-state index >= 15 is 0 Å². The third kappa shape index (κ3) is 2.60. The molecule has 2 aliphatic rings. The molecule has 0 aromatic carbocycles. The number of amides is 1. The summed E-state index contributed by atoms with van der Waals surface area (Å²) in [6.07, 6.45) is 10.8. The lowest BCUT2D eigenvalue weighted by atomic mass is 9.68. The average Bonchev–Trinajstić information content (AvgIpc) is 2.86. The molecule has 0 radical (unpaired) electrons. The molecule has 1 spiro atoms. The highest BCUT2D eigenvalue weighted by molar-refractivity contribution is 9.10. The summed E-state index contributed by atoms with van der Waals surface area (Å²) in [4.78, 5) is 14.4. The first-order chi connectivity index (χ1) is 9.20. The standard InChI is InChI=1S/C15H20BrNO2/c16-13-12(4-11-19-13)14(18)17-9-7-15(8-10-17)5-2-1-3-6-15/h4,11H,1-3,5-10H2. The van der Waals surface area contributed by atoms with Gasteiger partial charge in [-0.25, -0.2) is 0 Å². The Kier molecular flexibility index (Phi) is 3.70. The quantitative estimate of drug-likeness (QED) is 0.774. The highest BCUT2D eigenvalue weighted by Gasteiger charge is 2.37. The van der Waals surface area contributed by atoms with Crippen LogP contribution < -0.4 is 0 Å². The van der Waals surface area contributed by atoms with Gasteiger partial charge in [0.15, 0.2) is 4.67 Å². The third-order valence-corrected chi connectivity index (χ3v) is 5.49. The molecule has 1 aromatic heterocycles. The van der Waals surface area contributed by atoms with Gasteiger partial charge >= 0.3 is 0 Å². The SMILES string of the molecule is O=C(c1ccoc1Br)N1CCC2(CCCCC2)CC1. The third-order valence-electron chi connectivity index (χ3n) is 4.87. The van der Waals surface area contributed by atoms with Gasteiger partial charge in [0.2, 0.25) is 0 Å². The fraction of sp³-hybridized carbons (Fsp3) is 0.667. The molecule has 0 atom stereocenters. The summed E-state index contributed by atoms with van der Waals surface area (Å²) in [5.74, 6) is 0.103. The number of hydrogen-bond acceptors (Lipinski definition) is 2. The van der Waals surface area contributed by atoms with E-state index in [9.17, 15) is 4.79 Å². The molecule has 2 heterocycles. The Balaban J connectivity index is 1.64. The molecule has 0 N–H and O–H groups in total. The monoisotopic (exact) mass is 325 g/mol. The molecule has 1 saturated heterocycles. The molecule has 4 heteroatoms. The molecule has 1 amide bonds. The van der Waals surface area contributed by atoms with E-state index in [0.29, 0.717) is 15.6 Å². The minimum absolute atomic E-state index is 0.103. The Hall–Kier alpha value is -0.770. The van der Waals surface area contributed by atoms with Crippen molar-refractivity contribution in [2.45, 2.75) is 44.9 Å². The van der Waals surface area contributed by atoms with Crippen molar-refractivity contribution in [3.63, 3.8) is 0 Å². The number of carbonyl (C=O) groups excluding carboxylic acids is 1. The molecule has 1 aliphatic heterocycles. The van der Waals surface area contributed by atoms with Crippen molar-refractivity contribution in [3.8, 4) is 0 Å². The normalized spacial score (nSPS) is 22.7. The van der Waals surface area contributed by atoms with Gasteiger partial charge in [-0.2, -0.15) is 0 Å². The molecular formula is C15H20BrNO2. The Labute approximate surface area is 122 Å². The van der Waals surface area contributed by atoms with Crippen molar-refractivity contribution in [3.05, 3.63) is 22.6 Å². The Morgan fingerprint density at radius 1 is 1.16 bits per heavy atom. The zero-order valence-electron chi connectivity index (χ0n) is 11.2. The largest absolute Gasteiger partial charge is 0.457 e. The predicted molar refractivity (Wildman–Crippen MR) is 77.1 cm³/mol. The Morgan fingerprint density at radius 3 is 2.42 bits per heavy atom. The van der Waals surface area contributed by atoms with E-state index in [0.717, 1.165) is 13.1 Å². The molecular weight excluding hydrogens is 306 g/mol. The van der Waals surface area contributed by atoms with Gasteiger partial charge in [0.05, 0.1) is 11.8 Å². The van der Waals surface area contributed by atoms with Crippen LogP contribution in [0.25, 0.3) is 0 Å². The zero-order chi connectivity index (χ0) is 13.3. The number of nitrogens with zero attached hydrogens (tertiary/aromatic N) is 1. The van der Waals surface area contributed by atoms with Crippen LogP contribution in [0.15, 0.2) is 21.4 Å².